The minimum absolute atomic E-state index is 0. The second kappa shape index (κ2) is 10.0. The normalized spacial score (nSPS) is 9.93. The van der Waals surface area contributed by atoms with E-state index in [2.05, 4.69) is 5.32 Å². The number of nitrogens with zero attached hydrogens (tertiary/aromatic N) is 1. The number of anilines is 1. The number of hydrogen-bond acceptors (Lipinski definition) is 4. The van der Waals surface area contributed by atoms with Gasteiger partial charge in [0, 0.05) is 23.2 Å². The Morgan fingerprint density at radius 3 is 2.37 bits per heavy atom. The third-order valence-electron chi connectivity index (χ3n) is 3.68. The molecule has 5 N–H and O–H groups in total. The molecule has 0 aliphatic heterocycles. The monoisotopic (exact) mass is 411 g/mol. The van der Waals surface area contributed by atoms with Crippen molar-refractivity contribution >= 4 is 46.5 Å². The molecule has 7 nitrogen and oxygen atoms in total. The average Bonchev–Trinajstić information content (AvgIpc) is 2.65. The fourth-order valence-corrected chi connectivity index (χ4v) is 2.67. The average molecular weight is 412 g/mol. The van der Waals surface area contributed by atoms with E-state index in [1.165, 1.54) is 18.0 Å². The first-order valence-electron chi connectivity index (χ1n) is 7.67. The zero-order valence-electron chi connectivity index (χ0n) is 14.5. The SMILES string of the molecule is CN(C(=O)CNC(=O)CN)c1ccc(Cl)cc1C(=O)c1ccccc1Cl.O. The summed E-state index contributed by atoms with van der Waals surface area (Å²) in [6.45, 7) is -0.455. The maximum absolute atomic E-state index is 12.9. The van der Waals surface area contributed by atoms with Gasteiger partial charge in [-0.15, -0.1) is 0 Å². The van der Waals surface area contributed by atoms with Gasteiger partial charge < -0.3 is 21.4 Å². The van der Waals surface area contributed by atoms with Gasteiger partial charge in [-0.1, -0.05) is 35.3 Å². The van der Waals surface area contributed by atoms with E-state index in [1.54, 1.807) is 36.4 Å². The predicted octanol–water partition coefficient (Wildman–Crippen LogP) is 1.44. The lowest BCUT2D eigenvalue weighted by Gasteiger charge is -2.21. The second-order valence-corrected chi connectivity index (χ2v) is 6.25. The highest BCUT2D eigenvalue weighted by Crippen LogP contribution is 2.28. The molecule has 0 spiro atoms. The minimum atomic E-state index is -0.449. The van der Waals surface area contributed by atoms with Gasteiger partial charge in [-0.2, -0.15) is 0 Å². The number of hydrogen-bond donors (Lipinski definition) is 2. The largest absolute Gasteiger partial charge is 0.412 e. The van der Waals surface area contributed by atoms with Crippen LogP contribution in [0.15, 0.2) is 42.5 Å². The third-order valence-corrected chi connectivity index (χ3v) is 4.24. The van der Waals surface area contributed by atoms with Crippen LogP contribution in [-0.2, 0) is 9.59 Å². The molecule has 0 aliphatic carbocycles. The molecule has 2 aromatic carbocycles. The van der Waals surface area contributed by atoms with E-state index in [-0.39, 0.29) is 29.9 Å². The minimum Gasteiger partial charge on any atom is -0.412 e. The summed E-state index contributed by atoms with van der Waals surface area (Å²) in [4.78, 5) is 37.7. The maximum atomic E-state index is 12.9. The summed E-state index contributed by atoms with van der Waals surface area (Å²) in [7, 11) is 1.50. The molecule has 0 bridgehead atoms. The Bertz CT molecular complexity index is 858. The summed E-state index contributed by atoms with van der Waals surface area (Å²) in [6.07, 6.45) is 0. The van der Waals surface area contributed by atoms with Gasteiger partial charge in [-0.25, -0.2) is 0 Å². The van der Waals surface area contributed by atoms with Crippen LogP contribution in [0.3, 0.4) is 0 Å². The van der Waals surface area contributed by atoms with Crippen molar-refractivity contribution in [1.82, 2.24) is 5.32 Å². The number of ketones is 1. The molecule has 27 heavy (non-hydrogen) atoms. The molecule has 0 fully saturated rings. The lowest BCUT2D eigenvalue weighted by molar-refractivity contribution is -0.124. The Morgan fingerprint density at radius 1 is 1.07 bits per heavy atom. The van der Waals surface area contributed by atoms with E-state index < -0.39 is 11.8 Å². The zero-order valence-corrected chi connectivity index (χ0v) is 16.0. The first-order valence-corrected chi connectivity index (χ1v) is 8.42. The van der Waals surface area contributed by atoms with Crippen molar-refractivity contribution in [2.45, 2.75) is 0 Å². The summed E-state index contributed by atoms with van der Waals surface area (Å²) in [5, 5.41) is 3.04. The molecule has 0 radical (unpaired) electrons. The van der Waals surface area contributed by atoms with Gasteiger partial charge in [0.1, 0.15) is 0 Å². The van der Waals surface area contributed by atoms with E-state index >= 15 is 0 Å². The summed E-state index contributed by atoms with van der Waals surface area (Å²) in [5.74, 6) is -1.23. The van der Waals surface area contributed by atoms with Crippen LogP contribution in [-0.4, -0.2) is 43.2 Å². The quantitative estimate of drug-likeness (QED) is 0.697. The molecule has 0 aromatic heterocycles. The van der Waals surface area contributed by atoms with Crippen LogP contribution in [0, 0.1) is 0 Å². The Balaban J connectivity index is 0.00000364. The third kappa shape index (κ3) is 5.51. The van der Waals surface area contributed by atoms with Crippen molar-refractivity contribution in [1.29, 1.82) is 0 Å². The van der Waals surface area contributed by atoms with Crippen molar-refractivity contribution < 1.29 is 19.9 Å². The Hall–Kier alpha value is -2.45. The van der Waals surface area contributed by atoms with Gasteiger partial charge in [0.2, 0.25) is 11.8 Å². The Morgan fingerprint density at radius 2 is 1.74 bits per heavy atom. The molecule has 0 heterocycles. The van der Waals surface area contributed by atoms with E-state index in [9.17, 15) is 14.4 Å². The number of halogens is 2. The smallest absolute Gasteiger partial charge is 0.246 e. The predicted molar refractivity (Wildman–Crippen MR) is 105 cm³/mol. The number of carbonyl (C=O) groups is 3. The molecule has 2 aromatic rings. The van der Waals surface area contributed by atoms with Gasteiger partial charge in [-0.3, -0.25) is 14.4 Å². The van der Waals surface area contributed by atoms with Crippen LogP contribution in [0.4, 0.5) is 5.69 Å². The number of benzene rings is 2. The lowest BCUT2D eigenvalue weighted by Crippen LogP contribution is -2.40. The number of nitrogens with one attached hydrogen (secondary N) is 1. The number of nitrogens with two attached hydrogens (primary N) is 1. The number of carbonyl (C=O) groups excluding carboxylic acids is 3. The van der Waals surface area contributed by atoms with Gasteiger partial charge in [0.05, 0.1) is 23.8 Å². The van der Waals surface area contributed by atoms with Crippen molar-refractivity contribution in [2.24, 2.45) is 5.73 Å². The molecular weight excluding hydrogens is 393 g/mol. The Kier molecular flexibility index (Phi) is 8.39. The molecular formula is C18H19Cl2N3O4. The van der Waals surface area contributed by atoms with Crippen molar-refractivity contribution in [3.05, 3.63) is 63.6 Å². The van der Waals surface area contributed by atoms with Crippen molar-refractivity contribution in [3.8, 4) is 0 Å². The molecule has 0 aliphatic rings. The lowest BCUT2D eigenvalue weighted by atomic mass is 10.0. The maximum Gasteiger partial charge on any atom is 0.246 e. The summed E-state index contributed by atoms with van der Waals surface area (Å²) < 4.78 is 0. The highest BCUT2D eigenvalue weighted by atomic mass is 35.5. The fraction of sp³-hybridized carbons (Fsp3) is 0.167. The van der Waals surface area contributed by atoms with Gasteiger partial charge >= 0.3 is 0 Å². The first-order chi connectivity index (χ1) is 12.3. The first kappa shape index (κ1) is 22.6. The van der Waals surface area contributed by atoms with Gasteiger partial charge in [0.25, 0.3) is 0 Å². The fourth-order valence-electron chi connectivity index (χ4n) is 2.27. The molecule has 2 rings (SSSR count). The van der Waals surface area contributed by atoms with E-state index in [0.717, 1.165) is 0 Å². The molecule has 0 saturated heterocycles. The van der Waals surface area contributed by atoms with Crippen LogP contribution in [0.25, 0.3) is 0 Å². The van der Waals surface area contributed by atoms with E-state index in [1.807, 2.05) is 0 Å². The standard InChI is InChI=1S/C18H17Cl2N3O3.H2O/c1-23(17(25)10-22-16(24)9-21)15-7-6-11(19)8-13(15)18(26)12-4-2-3-5-14(12)20;/h2-8H,9-10,21H2,1H3,(H,22,24);1H2. The van der Waals surface area contributed by atoms with Crippen molar-refractivity contribution in [3.63, 3.8) is 0 Å². The van der Waals surface area contributed by atoms with Crippen LogP contribution in [0.2, 0.25) is 10.0 Å². The van der Waals surface area contributed by atoms with Gasteiger partial charge in [0.15, 0.2) is 5.78 Å². The highest BCUT2D eigenvalue weighted by molar-refractivity contribution is 6.36. The molecule has 144 valence electrons. The summed E-state index contributed by atoms with van der Waals surface area (Å²) >= 11 is 12.1. The highest BCUT2D eigenvalue weighted by Gasteiger charge is 2.21. The van der Waals surface area contributed by atoms with Crippen LogP contribution in [0.5, 0.6) is 0 Å². The number of likely N-dealkylation sites (N-methyl/N-ethyl adjacent to an activating group) is 1. The topological polar surface area (TPSA) is 124 Å². The van der Waals surface area contributed by atoms with E-state index in [0.29, 0.717) is 21.3 Å². The van der Waals surface area contributed by atoms with Crippen molar-refractivity contribution in [2.75, 3.05) is 25.0 Å². The number of rotatable bonds is 6. The van der Waals surface area contributed by atoms with Crippen LogP contribution < -0.4 is 16.0 Å². The molecule has 0 saturated carbocycles. The molecule has 0 unspecified atom stereocenters. The molecule has 9 heteroatoms. The number of amides is 2. The van der Waals surface area contributed by atoms with Crippen LogP contribution >= 0.6 is 23.2 Å². The van der Waals surface area contributed by atoms with E-state index in [4.69, 9.17) is 28.9 Å². The Labute approximate surface area is 166 Å². The summed E-state index contributed by atoms with van der Waals surface area (Å²) in [6, 6.07) is 11.2. The van der Waals surface area contributed by atoms with Crippen LogP contribution in [0.1, 0.15) is 15.9 Å². The summed E-state index contributed by atoms with van der Waals surface area (Å²) in [5.41, 5.74) is 6.08. The molecule has 0 atom stereocenters. The zero-order chi connectivity index (χ0) is 19.3. The second-order valence-electron chi connectivity index (χ2n) is 5.40. The molecule has 2 amide bonds. The van der Waals surface area contributed by atoms with Gasteiger partial charge in [-0.05, 0) is 30.3 Å².